The molecule has 1 aliphatic rings. The van der Waals surface area contributed by atoms with Crippen LogP contribution in [0.5, 0.6) is 0 Å². The van der Waals surface area contributed by atoms with Crippen LogP contribution < -0.4 is 5.32 Å². The number of benzene rings is 2. The smallest absolute Gasteiger partial charge is 0.242 e. The number of sulfonamides is 1. The monoisotopic (exact) mass is 498 g/mol. The summed E-state index contributed by atoms with van der Waals surface area (Å²) < 4.78 is 27.1. The van der Waals surface area contributed by atoms with E-state index in [-0.39, 0.29) is 23.8 Å². The first-order valence-corrected chi connectivity index (χ1v) is 13.9. The van der Waals surface area contributed by atoms with Crippen LogP contribution in [0.2, 0.25) is 0 Å². The molecule has 7 nitrogen and oxygen atoms in total. The summed E-state index contributed by atoms with van der Waals surface area (Å²) in [7, 11) is -0.327. The van der Waals surface area contributed by atoms with Gasteiger partial charge in [0.15, 0.2) is 0 Å². The molecule has 35 heavy (non-hydrogen) atoms. The van der Waals surface area contributed by atoms with Gasteiger partial charge in [0.05, 0.1) is 11.4 Å². The zero-order chi connectivity index (χ0) is 25.3. The van der Waals surface area contributed by atoms with E-state index < -0.39 is 10.0 Å². The maximum Gasteiger partial charge on any atom is 0.242 e. The molecular weight excluding hydrogens is 460 g/mol. The molecule has 1 heterocycles. The van der Waals surface area contributed by atoms with Gasteiger partial charge in [-0.2, -0.15) is 0 Å². The van der Waals surface area contributed by atoms with Crippen LogP contribution in [0.25, 0.3) is 0 Å². The number of nitrogens with zero attached hydrogens (tertiary/aromatic N) is 3. The van der Waals surface area contributed by atoms with Crippen molar-refractivity contribution in [2.24, 2.45) is 4.99 Å². The second kappa shape index (κ2) is 12.8. The number of rotatable bonds is 13. The summed E-state index contributed by atoms with van der Waals surface area (Å²) in [5.74, 6) is 0.866. The lowest BCUT2D eigenvalue weighted by Crippen LogP contribution is -2.34. The highest BCUT2D eigenvalue weighted by Crippen LogP contribution is 2.17. The largest absolute Gasteiger partial charge is 0.368 e. The minimum absolute atomic E-state index is 0.0700. The predicted octanol–water partition coefficient (Wildman–Crippen LogP) is 3.48. The number of unbranched alkanes of at least 4 members (excludes halogenated alkanes) is 2. The number of likely N-dealkylation sites (N-methyl/N-ethyl adjacent to an activating group) is 1. The Hall–Kier alpha value is -2.71. The van der Waals surface area contributed by atoms with E-state index >= 15 is 0 Å². The van der Waals surface area contributed by atoms with Gasteiger partial charge in [-0.25, -0.2) is 12.7 Å². The van der Waals surface area contributed by atoms with Gasteiger partial charge in [0, 0.05) is 45.7 Å². The summed E-state index contributed by atoms with van der Waals surface area (Å²) in [5.41, 5.74) is 3.37. The van der Waals surface area contributed by atoms with E-state index in [0.717, 1.165) is 61.3 Å². The molecule has 0 radical (unpaired) electrons. The molecule has 2 aromatic rings. The lowest BCUT2D eigenvalue weighted by molar-refractivity contribution is -0.129. The lowest BCUT2D eigenvalue weighted by atomic mass is 10.1. The first-order chi connectivity index (χ1) is 16.8. The third-order valence-electron chi connectivity index (χ3n) is 6.40. The van der Waals surface area contributed by atoms with Crippen molar-refractivity contribution in [1.29, 1.82) is 0 Å². The second-order valence-electron chi connectivity index (χ2n) is 9.10. The minimum atomic E-state index is -3.62. The lowest BCUT2D eigenvalue weighted by Gasteiger charge is -2.21. The van der Waals surface area contributed by atoms with E-state index in [1.807, 2.05) is 24.3 Å². The van der Waals surface area contributed by atoms with Crippen molar-refractivity contribution in [3.05, 3.63) is 65.2 Å². The van der Waals surface area contributed by atoms with E-state index in [9.17, 15) is 13.2 Å². The standard InChI is InChI=1S/C27H38N4O3S/c1-4-5-6-7-22-10-14-25(15-11-22)35(33,34)31(3)21-17-26(32)30(2)20-16-23-8-12-24(13-9-23)27-28-18-19-29-27/h8-15H,4-7,16-21H2,1-3H3,(H,28,29). The van der Waals surface area contributed by atoms with Crippen molar-refractivity contribution in [3.63, 3.8) is 0 Å². The highest BCUT2D eigenvalue weighted by atomic mass is 32.2. The Bertz CT molecular complexity index is 1100. The first-order valence-electron chi connectivity index (χ1n) is 12.5. The van der Waals surface area contributed by atoms with Crippen LogP contribution >= 0.6 is 0 Å². The average Bonchev–Trinajstić information content (AvgIpc) is 3.41. The number of amides is 1. The van der Waals surface area contributed by atoms with E-state index in [4.69, 9.17) is 0 Å². The number of aliphatic imine (C=N–C) groups is 1. The number of nitrogens with one attached hydrogen (secondary N) is 1. The number of carbonyl (C=O) groups is 1. The summed E-state index contributed by atoms with van der Waals surface area (Å²) in [6, 6.07) is 15.3. The van der Waals surface area contributed by atoms with E-state index in [2.05, 4.69) is 29.4 Å². The maximum atomic E-state index is 12.9. The third kappa shape index (κ3) is 7.64. The normalized spacial score (nSPS) is 13.5. The fraction of sp³-hybridized carbons (Fsp3) is 0.481. The molecule has 2 aromatic carbocycles. The van der Waals surface area contributed by atoms with Gasteiger partial charge in [-0.05, 0) is 42.5 Å². The molecule has 0 bridgehead atoms. The van der Waals surface area contributed by atoms with Gasteiger partial charge in [-0.15, -0.1) is 0 Å². The first kappa shape index (κ1) is 26.9. The molecule has 190 valence electrons. The molecule has 1 amide bonds. The molecule has 0 unspecified atom stereocenters. The van der Waals surface area contributed by atoms with Gasteiger partial charge in [0.25, 0.3) is 0 Å². The van der Waals surface area contributed by atoms with Gasteiger partial charge in [-0.3, -0.25) is 9.79 Å². The summed E-state index contributed by atoms with van der Waals surface area (Å²) >= 11 is 0. The Labute approximate surface area is 210 Å². The Balaban J connectivity index is 1.45. The van der Waals surface area contributed by atoms with Crippen molar-refractivity contribution in [1.82, 2.24) is 14.5 Å². The van der Waals surface area contributed by atoms with Gasteiger partial charge >= 0.3 is 0 Å². The Kier molecular flexibility index (Phi) is 9.86. The Morgan fingerprint density at radius 1 is 0.943 bits per heavy atom. The highest BCUT2D eigenvalue weighted by Gasteiger charge is 2.22. The summed E-state index contributed by atoms with van der Waals surface area (Å²) in [6.45, 7) is 4.58. The average molecular weight is 499 g/mol. The van der Waals surface area contributed by atoms with Crippen LogP contribution in [0, 0.1) is 0 Å². The van der Waals surface area contributed by atoms with Crippen LogP contribution in [0.3, 0.4) is 0 Å². The molecule has 1 aliphatic heterocycles. The van der Waals surface area contributed by atoms with Gasteiger partial charge in [0.1, 0.15) is 5.84 Å². The van der Waals surface area contributed by atoms with Crippen LogP contribution in [0.4, 0.5) is 0 Å². The summed E-state index contributed by atoms with van der Waals surface area (Å²) in [5, 5.41) is 3.26. The van der Waals surface area contributed by atoms with Crippen LogP contribution in [-0.2, 0) is 27.7 Å². The quantitative estimate of drug-likeness (QED) is 0.429. The van der Waals surface area contributed by atoms with Gasteiger partial charge in [0.2, 0.25) is 15.9 Å². The summed E-state index contributed by atoms with van der Waals surface area (Å²) in [4.78, 5) is 19.0. The van der Waals surface area contributed by atoms with Crippen molar-refractivity contribution < 1.29 is 13.2 Å². The molecule has 0 saturated heterocycles. The van der Waals surface area contributed by atoms with E-state index in [0.29, 0.717) is 6.54 Å². The van der Waals surface area contributed by atoms with E-state index in [1.165, 1.54) is 17.8 Å². The fourth-order valence-corrected chi connectivity index (χ4v) is 5.16. The third-order valence-corrected chi connectivity index (χ3v) is 8.28. The molecule has 0 atom stereocenters. The molecule has 0 spiro atoms. The van der Waals surface area contributed by atoms with Crippen molar-refractivity contribution >= 4 is 21.8 Å². The van der Waals surface area contributed by atoms with E-state index in [1.54, 1.807) is 24.1 Å². The van der Waals surface area contributed by atoms with Crippen molar-refractivity contribution in [2.45, 2.75) is 50.3 Å². The number of carbonyl (C=O) groups excluding carboxylic acids is 1. The van der Waals surface area contributed by atoms with Crippen LogP contribution in [-0.4, -0.2) is 69.6 Å². The second-order valence-corrected chi connectivity index (χ2v) is 11.1. The fourth-order valence-electron chi connectivity index (χ4n) is 3.99. The highest BCUT2D eigenvalue weighted by molar-refractivity contribution is 7.89. The Morgan fingerprint density at radius 3 is 2.23 bits per heavy atom. The number of amidine groups is 1. The topological polar surface area (TPSA) is 82.1 Å². The molecular formula is C27H38N4O3S. The predicted molar refractivity (Wildman–Crippen MR) is 141 cm³/mol. The van der Waals surface area contributed by atoms with Gasteiger partial charge < -0.3 is 10.2 Å². The molecule has 0 fully saturated rings. The number of hydrogen-bond acceptors (Lipinski definition) is 5. The maximum absolute atomic E-state index is 12.9. The number of hydrogen-bond donors (Lipinski definition) is 1. The Morgan fingerprint density at radius 2 is 1.60 bits per heavy atom. The molecule has 0 aliphatic carbocycles. The zero-order valence-electron chi connectivity index (χ0n) is 21.2. The van der Waals surface area contributed by atoms with Crippen molar-refractivity contribution in [2.75, 3.05) is 40.3 Å². The molecule has 8 heteroatoms. The van der Waals surface area contributed by atoms with Crippen LogP contribution in [0.1, 0.15) is 49.3 Å². The molecule has 3 rings (SSSR count). The van der Waals surface area contributed by atoms with Gasteiger partial charge in [-0.1, -0.05) is 56.2 Å². The zero-order valence-corrected chi connectivity index (χ0v) is 22.0. The minimum Gasteiger partial charge on any atom is -0.368 e. The molecule has 1 N–H and O–H groups in total. The van der Waals surface area contributed by atoms with Crippen molar-refractivity contribution in [3.8, 4) is 0 Å². The molecule has 0 aromatic heterocycles. The summed E-state index contributed by atoms with van der Waals surface area (Å²) in [6.07, 6.45) is 5.28. The SMILES string of the molecule is CCCCCc1ccc(S(=O)(=O)N(C)CCC(=O)N(C)CCc2ccc(C3=NCCN3)cc2)cc1. The number of aryl methyl sites for hydroxylation is 1. The van der Waals surface area contributed by atoms with Crippen LogP contribution in [0.15, 0.2) is 58.4 Å². The molecule has 0 saturated carbocycles.